The molecule has 0 radical (unpaired) electrons. The Kier molecular flexibility index (Phi) is 4.61. The number of benzene rings is 2. The van der Waals surface area contributed by atoms with Gasteiger partial charge in [0.25, 0.3) is 0 Å². The lowest BCUT2D eigenvalue weighted by Crippen LogP contribution is -2.00. The van der Waals surface area contributed by atoms with Gasteiger partial charge < -0.3 is 5.73 Å². The van der Waals surface area contributed by atoms with E-state index in [0.29, 0.717) is 17.4 Å². The van der Waals surface area contributed by atoms with Crippen LogP contribution in [0.15, 0.2) is 47.4 Å². The SMILES string of the molecule is Cc1ccc(N)cc1S(=O)Cc1ccc(C(C)C)cc1. The summed E-state index contributed by atoms with van der Waals surface area (Å²) in [7, 11) is -1.05. The Morgan fingerprint density at radius 3 is 2.35 bits per heavy atom. The van der Waals surface area contributed by atoms with Crippen molar-refractivity contribution in [3.8, 4) is 0 Å². The van der Waals surface area contributed by atoms with Crippen LogP contribution in [0.4, 0.5) is 5.69 Å². The largest absolute Gasteiger partial charge is 0.399 e. The van der Waals surface area contributed by atoms with E-state index < -0.39 is 10.8 Å². The van der Waals surface area contributed by atoms with Crippen molar-refractivity contribution in [1.82, 2.24) is 0 Å². The number of nitrogen functional groups attached to an aromatic ring is 1. The maximum absolute atomic E-state index is 12.5. The van der Waals surface area contributed by atoms with Gasteiger partial charge in [-0.3, -0.25) is 4.21 Å². The van der Waals surface area contributed by atoms with E-state index in [4.69, 9.17) is 5.73 Å². The molecule has 0 heterocycles. The van der Waals surface area contributed by atoms with Crippen LogP contribution in [-0.4, -0.2) is 4.21 Å². The summed E-state index contributed by atoms with van der Waals surface area (Å²) in [5.41, 5.74) is 9.86. The van der Waals surface area contributed by atoms with Crippen LogP contribution in [0.1, 0.15) is 36.5 Å². The average Bonchev–Trinajstić information content (AvgIpc) is 2.42. The molecule has 0 aliphatic rings. The Labute approximate surface area is 123 Å². The predicted octanol–water partition coefficient (Wildman–Crippen LogP) is 4.01. The molecule has 0 aromatic heterocycles. The van der Waals surface area contributed by atoms with E-state index >= 15 is 0 Å². The second-order valence-electron chi connectivity index (χ2n) is 5.41. The molecule has 2 aromatic rings. The van der Waals surface area contributed by atoms with Crippen LogP contribution in [-0.2, 0) is 16.6 Å². The van der Waals surface area contributed by atoms with Gasteiger partial charge >= 0.3 is 0 Å². The Morgan fingerprint density at radius 1 is 1.10 bits per heavy atom. The molecule has 1 atom stereocenters. The molecule has 106 valence electrons. The summed E-state index contributed by atoms with van der Waals surface area (Å²) >= 11 is 0. The first-order valence-electron chi connectivity index (χ1n) is 6.80. The lowest BCUT2D eigenvalue weighted by Gasteiger charge is -2.09. The maximum atomic E-state index is 12.5. The van der Waals surface area contributed by atoms with Crippen LogP contribution in [0.2, 0.25) is 0 Å². The van der Waals surface area contributed by atoms with Crippen LogP contribution in [0.25, 0.3) is 0 Å². The molecule has 0 fully saturated rings. The smallest absolute Gasteiger partial charge is 0.0577 e. The summed E-state index contributed by atoms with van der Waals surface area (Å²) in [5.74, 6) is 1.05. The van der Waals surface area contributed by atoms with E-state index in [1.807, 2.05) is 25.1 Å². The fraction of sp³-hybridized carbons (Fsp3) is 0.294. The van der Waals surface area contributed by atoms with E-state index in [2.05, 4.69) is 38.1 Å². The third-order valence-electron chi connectivity index (χ3n) is 3.40. The summed E-state index contributed by atoms with van der Waals surface area (Å²) in [5, 5.41) is 0. The van der Waals surface area contributed by atoms with Crippen molar-refractivity contribution in [3.05, 3.63) is 59.2 Å². The lowest BCUT2D eigenvalue weighted by atomic mass is 10.0. The number of anilines is 1. The van der Waals surface area contributed by atoms with Crippen molar-refractivity contribution in [2.45, 2.75) is 37.3 Å². The number of hydrogen-bond acceptors (Lipinski definition) is 2. The second kappa shape index (κ2) is 6.23. The Balaban J connectivity index is 2.17. The molecular formula is C17H21NOS. The van der Waals surface area contributed by atoms with Crippen molar-refractivity contribution >= 4 is 16.5 Å². The zero-order valence-corrected chi connectivity index (χ0v) is 13.0. The van der Waals surface area contributed by atoms with Gasteiger partial charge in [0.15, 0.2) is 0 Å². The van der Waals surface area contributed by atoms with Crippen molar-refractivity contribution in [2.24, 2.45) is 0 Å². The molecule has 2 nitrogen and oxygen atoms in total. The summed E-state index contributed by atoms with van der Waals surface area (Å²) < 4.78 is 12.5. The van der Waals surface area contributed by atoms with Gasteiger partial charge in [0.1, 0.15) is 0 Å². The molecule has 0 bridgehead atoms. The van der Waals surface area contributed by atoms with Crippen LogP contribution < -0.4 is 5.73 Å². The van der Waals surface area contributed by atoms with Crippen LogP contribution >= 0.6 is 0 Å². The number of rotatable bonds is 4. The fourth-order valence-electron chi connectivity index (χ4n) is 2.09. The molecule has 20 heavy (non-hydrogen) atoms. The van der Waals surface area contributed by atoms with Gasteiger partial charge in [-0.25, -0.2) is 0 Å². The van der Waals surface area contributed by atoms with Crippen LogP contribution in [0, 0.1) is 6.92 Å². The highest BCUT2D eigenvalue weighted by Gasteiger charge is 2.09. The third-order valence-corrected chi connectivity index (χ3v) is 4.93. The highest BCUT2D eigenvalue weighted by Crippen LogP contribution is 2.21. The molecule has 2 rings (SSSR count). The lowest BCUT2D eigenvalue weighted by molar-refractivity contribution is 0.682. The summed E-state index contributed by atoms with van der Waals surface area (Å²) in [6.45, 7) is 6.31. The van der Waals surface area contributed by atoms with Gasteiger partial charge in [-0.15, -0.1) is 0 Å². The highest BCUT2D eigenvalue weighted by atomic mass is 32.2. The molecule has 0 aliphatic heterocycles. The van der Waals surface area contributed by atoms with E-state index in [9.17, 15) is 4.21 Å². The highest BCUT2D eigenvalue weighted by molar-refractivity contribution is 7.84. The topological polar surface area (TPSA) is 43.1 Å². The van der Waals surface area contributed by atoms with Gasteiger partial charge in [0, 0.05) is 10.6 Å². The number of hydrogen-bond donors (Lipinski definition) is 1. The quantitative estimate of drug-likeness (QED) is 0.863. The summed E-state index contributed by atoms with van der Waals surface area (Å²) in [6, 6.07) is 13.9. The monoisotopic (exact) mass is 287 g/mol. The zero-order valence-electron chi connectivity index (χ0n) is 12.2. The predicted molar refractivity (Wildman–Crippen MR) is 86.2 cm³/mol. The molecule has 1 unspecified atom stereocenters. The first kappa shape index (κ1) is 14.8. The molecule has 2 aromatic carbocycles. The van der Waals surface area contributed by atoms with Gasteiger partial charge in [-0.05, 0) is 41.7 Å². The number of aryl methyl sites for hydroxylation is 1. The molecule has 0 saturated heterocycles. The minimum absolute atomic E-state index is 0.519. The van der Waals surface area contributed by atoms with E-state index in [-0.39, 0.29) is 0 Å². The summed E-state index contributed by atoms with van der Waals surface area (Å²) in [6.07, 6.45) is 0. The first-order valence-corrected chi connectivity index (χ1v) is 8.12. The fourth-order valence-corrected chi connectivity index (χ4v) is 3.44. The van der Waals surface area contributed by atoms with Crippen molar-refractivity contribution in [2.75, 3.05) is 5.73 Å². The molecular weight excluding hydrogens is 266 g/mol. The normalized spacial score (nSPS) is 12.6. The Bertz CT molecular complexity index is 617. The first-order chi connectivity index (χ1) is 9.47. The van der Waals surface area contributed by atoms with Crippen molar-refractivity contribution in [3.63, 3.8) is 0 Å². The zero-order chi connectivity index (χ0) is 14.7. The molecule has 2 N–H and O–H groups in total. The molecule has 0 amide bonds. The standard InChI is InChI=1S/C17H21NOS/c1-12(2)15-7-5-14(6-8-15)11-20(19)17-10-16(18)9-4-13(17)3/h4-10,12H,11,18H2,1-3H3. The van der Waals surface area contributed by atoms with Gasteiger partial charge in [0.2, 0.25) is 0 Å². The molecule has 0 aliphatic carbocycles. The minimum atomic E-state index is -1.05. The Morgan fingerprint density at radius 2 is 1.75 bits per heavy atom. The van der Waals surface area contributed by atoms with E-state index in [0.717, 1.165) is 16.0 Å². The van der Waals surface area contributed by atoms with Crippen molar-refractivity contribution < 1.29 is 4.21 Å². The minimum Gasteiger partial charge on any atom is -0.399 e. The van der Waals surface area contributed by atoms with E-state index in [1.165, 1.54) is 5.56 Å². The van der Waals surface area contributed by atoms with Gasteiger partial charge in [-0.2, -0.15) is 0 Å². The third kappa shape index (κ3) is 3.48. The summed E-state index contributed by atoms with van der Waals surface area (Å²) in [4.78, 5) is 0.831. The van der Waals surface area contributed by atoms with Gasteiger partial charge in [-0.1, -0.05) is 44.2 Å². The van der Waals surface area contributed by atoms with Gasteiger partial charge in [0.05, 0.1) is 16.6 Å². The Hall–Kier alpha value is -1.61. The molecule has 0 spiro atoms. The van der Waals surface area contributed by atoms with E-state index in [1.54, 1.807) is 0 Å². The molecule has 3 heteroatoms. The second-order valence-corrected chi connectivity index (χ2v) is 6.83. The molecule has 0 saturated carbocycles. The maximum Gasteiger partial charge on any atom is 0.0577 e. The average molecular weight is 287 g/mol. The van der Waals surface area contributed by atoms with Crippen LogP contribution in [0.3, 0.4) is 0 Å². The number of nitrogens with two attached hydrogens (primary N) is 1. The van der Waals surface area contributed by atoms with Crippen molar-refractivity contribution in [1.29, 1.82) is 0 Å². The van der Waals surface area contributed by atoms with Crippen LogP contribution in [0.5, 0.6) is 0 Å².